The van der Waals surface area contributed by atoms with Crippen LogP contribution < -0.4 is 5.32 Å². The smallest absolute Gasteiger partial charge is 0.0631 e. The van der Waals surface area contributed by atoms with Crippen molar-refractivity contribution in [3.05, 3.63) is 18.0 Å². The Kier molecular flexibility index (Phi) is 5.36. The Hall–Kier alpha value is -0.910. The van der Waals surface area contributed by atoms with Crippen molar-refractivity contribution in [1.82, 2.24) is 15.1 Å². The Balaban J connectivity index is 1.93. The highest BCUT2D eigenvalue weighted by Gasteiger charge is 2.33. The zero-order chi connectivity index (χ0) is 13.6. The van der Waals surface area contributed by atoms with Crippen LogP contribution >= 0.6 is 0 Å². The average molecular weight is 267 g/mol. The normalized spacial score (nSPS) is 23.7. The molecule has 5 heteroatoms. The van der Waals surface area contributed by atoms with Gasteiger partial charge in [-0.15, -0.1) is 0 Å². The number of hydrogen-bond donors (Lipinski definition) is 1. The van der Waals surface area contributed by atoms with Crippen LogP contribution in [-0.2, 0) is 22.9 Å². The number of aryl methyl sites for hydroxylation is 1. The molecule has 1 fully saturated rings. The molecular weight excluding hydrogens is 242 g/mol. The summed E-state index contributed by atoms with van der Waals surface area (Å²) in [6.45, 7) is 4.32. The first-order valence-corrected chi connectivity index (χ1v) is 7.00. The summed E-state index contributed by atoms with van der Waals surface area (Å²) in [6.07, 6.45) is 5.32. The molecule has 1 atom stereocenters. The molecule has 2 heterocycles. The SMILES string of the molecule is COCCNCC1(Cc2ccn(C)n2)CCCOC1. The van der Waals surface area contributed by atoms with Crippen molar-refractivity contribution < 1.29 is 9.47 Å². The Labute approximate surface area is 115 Å². The summed E-state index contributed by atoms with van der Waals surface area (Å²) in [5.41, 5.74) is 1.34. The molecule has 108 valence electrons. The second-order valence-corrected chi connectivity index (χ2v) is 5.48. The van der Waals surface area contributed by atoms with Gasteiger partial charge in [0.2, 0.25) is 0 Å². The summed E-state index contributed by atoms with van der Waals surface area (Å²) in [4.78, 5) is 0. The lowest BCUT2D eigenvalue weighted by Crippen LogP contribution is -2.43. The van der Waals surface area contributed by atoms with Gasteiger partial charge in [0.25, 0.3) is 0 Å². The lowest BCUT2D eigenvalue weighted by atomic mass is 9.78. The third kappa shape index (κ3) is 4.30. The van der Waals surface area contributed by atoms with Crippen LogP contribution in [0.15, 0.2) is 12.3 Å². The maximum absolute atomic E-state index is 5.72. The second-order valence-electron chi connectivity index (χ2n) is 5.48. The lowest BCUT2D eigenvalue weighted by molar-refractivity contribution is -0.00823. The lowest BCUT2D eigenvalue weighted by Gasteiger charge is -2.37. The Morgan fingerprint density at radius 2 is 2.47 bits per heavy atom. The summed E-state index contributed by atoms with van der Waals surface area (Å²) < 4.78 is 12.7. The molecule has 1 aromatic heterocycles. The van der Waals surface area contributed by atoms with Gasteiger partial charge in [-0.1, -0.05) is 0 Å². The van der Waals surface area contributed by atoms with Gasteiger partial charge in [-0.25, -0.2) is 0 Å². The van der Waals surface area contributed by atoms with E-state index in [1.807, 2.05) is 17.9 Å². The zero-order valence-electron chi connectivity index (χ0n) is 12.0. The Morgan fingerprint density at radius 1 is 1.58 bits per heavy atom. The first-order chi connectivity index (χ1) is 9.24. The summed E-state index contributed by atoms with van der Waals surface area (Å²) in [7, 11) is 3.69. The van der Waals surface area contributed by atoms with Crippen LogP contribution in [-0.4, -0.2) is 49.8 Å². The standard InChI is InChI=1S/C14H25N3O2/c1-17-7-4-13(16-17)10-14(5-3-8-19-12-14)11-15-6-9-18-2/h4,7,15H,3,5-6,8-12H2,1-2H3. The van der Waals surface area contributed by atoms with E-state index in [2.05, 4.69) is 16.5 Å². The maximum Gasteiger partial charge on any atom is 0.0631 e. The van der Waals surface area contributed by atoms with Crippen LogP contribution in [0.3, 0.4) is 0 Å². The van der Waals surface area contributed by atoms with Gasteiger partial charge >= 0.3 is 0 Å². The number of aromatic nitrogens is 2. The fraction of sp³-hybridized carbons (Fsp3) is 0.786. The first kappa shape index (κ1) is 14.5. The van der Waals surface area contributed by atoms with Crippen LogP contribution in [0, 0.1) is 5.41 Å². The van der Waals surface area contributed by atoms with E-state index in [0.29, 0.717) is 0 Å². The molecule has 0 radical (unpaired) electrons. The molecule has 0 aliphatic carbocycles. The fourth-order valence-electron chi connectivity index (χ4n) is 2.72. The highest BCUT2D eigenvalue weighted by Crippen LogP contribution is 2.31. The van der Waals surface area contributed by atoms with Crippen molar-refractivity contribution in [3.63, 3.8) is 0 Å². The van der Waals surface area contributed by atoms with E-state index in [1.165, 1.54) is 6.42 Å². The van der Waals surface area contributed by atoms with Gasteiger partial charge < -0.3 is 14.8 Å². The van der Waals surface area contributed by atoms with Crippen molar-refractivity contribution in [1.29, 1.82) is 0 Å². The van der Waals surface area contributed by atoms with Crippen LogP contribution in [0.5, 0.6) is 0 Å². The van der Waals surface area contributed by atoms with Gasteiger partial charge in [0.15, 0.2) is 0 Å². The average Bonchev–Trinajstić information content (AvgIpc) is 2.81. The van der Waals surface area contributed by atoms with Crippen LogP contribution in [0.25, 0.3) is 0 Å². The van der Waals surface area contributed by atoms with E-state index in [9.17, 15) is 0 Å². The predicted molar refractivity (Wildman–Crippen MR) is 74.1 cm³/mol. The topological polar surface area (TPSA) is 48.3 Å². The fourth-order valence-corrected chi connectivity index (χ4v) is 2.72. The number of ether oxygens (including phenoxy) is 2. The van der Waals surface area contributed by atoms with E-state index < -0.39 is 0 Å². The Morgan fingerprint density at radius 3 is 3.11 bits per heavy atom. The molecule has 1 aliphatic rings. The van der Waals surface area contributed by atoms with E-state index in [4.69, 9.17) is 9.47 Å². The van der Waals surface area contributed by atoms with Gasteiger partial charge in [-0.2, -0.15) is 5.10 Å². The number of nitrogens with one attached hydrogen (secondary N) is 1. The first-order valence-electron chi connectivity index (χ1n) is 7.00. The van der Waals surface area contributed by atoms with Gasteiger partial charge in [0, 0.05) is 51.9 Å². The molecule has 2 rings (SSSR count). The van der Waals surface area contributed by atoms with Crippen LogP contribution in [0.4, 0.5) is 0 Å². The second kappa shape index (κ2) is 7.03. The van der Waals surface area contributed by atoms with Crippen molar-refractivity contribution in [2.24, 2.45) is 12.5 Å². The summed E-state index contributed by atoms with van der Waals surface area (Å²) in [6, 6.07) is 2.10. The summed E-state index contributed by atoms with van der Waals surface area (Å²) in [5.74, 6) is 0. The van der Waals surface area contributed by atoms with Crippen molar-refractivity contribution in [3.8, 4) is 0 Å². The maximum atomic E-state index is 5.72. The van der Waals surface area contributed by atoms with E-state index in [1.54, 1.807) is 7.11 Å². The molecule has 0 saturated carbocycles. The molecule has 1 aliphatic heterocycles. The molecular formula is C14H25N3O2. The molecule has 1 N–H and O–H groups in total. The van der Waals surface area contributed by atoms with E-state index >= 15 is 0 Å². The third-order valence-corrected chi connectivity index (χ3v) is 3.71. The number of nitrogens with zero attached hydrogens (tertiary/aromatic N) is 2. The molecule has 1 saturated heterocycles. The minimum absolute atomic E-state index is 0.181. The highest BCUT2D eigenvalue weighted by molar-refractivity contribution is 5.04. The summed E-state index contributed by atoms with van der Waals surface area (Å²) >= 11 is 0. The summed E-state index contributed by atoms with van der Waals surface area (Å²) in [5, 5.41) is 7.99. The third-order valence-electron chi connectivity index (χ3n) is 3.71. The molecule has 0 spiro atoms. The number of methoxy groups -OCH3 is 1. The molecule has 19 heavy (non-hydrogen) atoms. The molecule has 0 aromatic carbocycles. The van der Waals surface area contributed by atoms with Gasteiger partial charge in [0.1, 0.15) is 0 Å². The minimum Gasteiger partial charge on any atom is -0.383 e. The largest absolute Gasteiger partial charge is 0.383 e. The number of hydrogen-bond acceptors (Lipinski definition) is 4. The predicted octanol–water partition coefficient (Wildman–Crippen LogP) is 0.995. The van der Waals surface area contributed by atoms with Crippen molar-refractivity contribution in [2.45, 2.75) is 19.3 Å². The van der Waals surface area contributed by atoms with Gasteiger partial charge in [-0.3, -0.25) is 4.68 Å². The van der Waals surface area contributed by atoms with Crippen LogP contribution in [0.2, 0.25) is 0 Å². The van der Waals surface area contributed by atoms with E-state index in [0.717, 1.165) is 51.4 Å². The molecule has 1 unspecified atom stereocenters. The van der Waals surface area contributed by atoms with E-state index in [-0.39, 0.29) is 5.41 Å². The zero-order valence-corrected chi connectivity index (χ0v) is 12.0. The van der Waals surface area contributed by atoms with Crippen LogP contribution in [0.1, 0.15) is 18.5 Å². The number of rotatable bonds is 7. The van der Waals surface area contributed by atoms with Gasteiger partial charge in [0.05, 0.1) is 18.9 Å². The minimum atomic E-state index is 0.181. The molecule has 1 aromatic rings. The molecule has 0 amide bonds. The molecule has 5 nitrogen and oxygen atoms in total. The quantitative estimate of drug-likeness (QED) is 0.749. The molecule has 0 bridgehead atoms. The monoisotopic (exact) mass is 267 g/mol. The Bertz CT molecular complexity index is 373. The van der Waals surface area contributed by atoms with Crippen molar-refractivity contribution in [2.75, 3.05) is 40.0 Å². The highest BCUT2D eigenvalue weighted by atomic mass is 16.5. The van der Waals surface area contributed by atoms with Crippen molar-refractivity contribution >= 4 is 0 Å². The van der Waals surface area contributed by atoms with Gasteiger partial charge in [-0.05, 0) is 18.9 Å².